The van der Waals surface area contributed by atoms with E-state index in [1.54, 1.807) is 0 Å². The molecule has 0 fully saturated rings. The first-order valence-electron chi connectivity index (χ1n) is 5.52. The van der Waals surface area contributed by atoms with Crippen LogP contribution in [0.3, 0.4) is 0 Å². The Hall–Kier alpha value is -0.990. The first-order chi connectivity index (χ1) is 7.24. The van der Waals surface area contributed by atoms with Crippen LogP contribution in [-0.4, -0.2) is 23.5 Å². The molecule has 0 aliphatic carbocycles. The molecule has 0 radical (unpaired) electrons. The third kappa shape index (κ3) is 1.72. The van der Waals surface area contributed by atoms with Crippen molar-refractivity contribution in [1.82, 2.24) is 9.88 Å². The van der Waals surface area contributed by atoms with E-state index in [2.05, 4.69) is 42.1 Å². The van der Waals surface area contributed by atoms with Crippen molar-refractivity contribution in [3.63, 3.8) is 0 Å². The van der Waals surface area contributed by atoms with Gasteiger partial charge >= 0.3 is 0 Å². The van der Waals surface area contributed by atoms with E-state index >= 15 is 0 Å². The number of likely N-dealkylation sites (N-methyl/N-ethyl adjacent to an activating group) is 1. The molecule has 1 aromatic heterocycles. The van der Waals surface area contributed by atoms with Gasteiger partial charge < -0.3 is 9.88 Å². The van der Waals surface area contributed by atoms with Crippen LogP contribution in [0, 0.1) is 6.92 Å². The number of aryl methyl sites for hydroxylation is 1. The molecular weight excluding hydrogens is 220 g/mol. The lowest BCUT2D eigenvalue weighted by Crippen LogP contribution is -2.25. The van der Waals surface area contributed by atoms with Crippen molar-refractivity contribution in [2.24, 2.45) is 0 Å². The molecule has 0 spiro atoms. The molecule has 0 saturated heterocycles. The van der Waals surface area contributed by atoms with Gasteiger partial charge in [-0.2, -0.15) is 0 Å². The van der Waals surface area contributed by atoms with E-state index in [0.717, 1.165) is 13.0 Å². The van der Waals surface area contributed by atoms with E-state index in [4.69, 9.17) is 0 Å². The molecule has 0 unspecified atom stereocenters. The summed E-state index contributed by atoms with van der Waals surface area (Å²) < 4.78 is 0. The molecule has 0 amide bonds. The summed E-state index contributed by atoms with van der Waals surface area (Å²) in [5.74, 6) is 0. The maximum absolute atomic E-state index is 3.55. The Kier molecular flexibility index (Phi) is 2.96. The molecular formula is C13H17ClN2. The molecule has 2 heterocycles. The van der Waals surface area contributed by atoms with Crippen LogP contribution in [-0.2, 0) is 13.0 Å². The highest BCUT2D eigenvalue weighted by molar-refractivity contribution is 5.85. The average Bonchev–Trinajstić information content (AvgIpc) is 2.54. The number of fused-ring (bicyclic) bond motifs is 3. The zero-order chi connectivity index (χ0) is 10.4. The van der Waals surface area contributed by atoms with Gasteiger partial charge in [0.15, 0.2) is 0 Å². The summed E-state index contributed by atoms with van der Waals surface area (Å²) in [6.45, 7) is 4.39. The molecule has 1 aliphatic rings. The number of aromatic nitrogens is 1. The Morgan fingerprint density at radius 1 is 1.31 bits per heavy atom. The van der Waals surface area contributed by atoms with Gasteiger partial charge in [0.1, 0.15) is 0 Å². The number of hydrogen-bond acceptors (Lipinski definition) is 1. The molecule has 2 nitrogen and oxygen atoms in total. The molecule has 16 heavy (non-hydrogen) atoms. The predicted octanol–water partition coefficient (Wildman–Crippen LogP) is 2.89. The summed E-state index contributed by atoms with van der Waals surface area (Å²) in [6.07, 6.45) is 1.15. The van der Waals surface area contributed by atoms with E-state index in [9.17, 15) is 0 Å². The topological polar surface area (TPSA) is 19.0 Å². The number of aromatic amines is 1. The molecule has 0 atom stereocenters. The smallest absolute Gasteiger partial charge is 0.0462 e. The molecule has 2 aromatic rings. The van der Waals surface area contributed by atoms with Crippen LogP contribution in [0.2, 0.25) is 0 Å². The normalized spacial score (nSPS) is 15.9. The first-order valence-corrected chi connectivity index (χ1v) is 5.52. The van der Waals surface area contributed by atoms with E-state index in [0.29, 0.717) is 0 Å². The zero-order valence-electron chi connectivity index (χ0n) is 9.71. The summed E-state index contributed by atoms with van der Waals surface area (Å²) >= 11 is 0. The number of rotatable bonds is 0. The fourth-order valence-corrected chi connectivity index (χ4v) is 2.47. The highest BCUT2D eigenvalue weighted by Gasteiger charge is 2.17. The average molecular weight is 237 g/mol. The van der Waals surface area contributed by atoms with Gasteiger partial charge in [-0.25, -0.2) is 0 Å². The fourth-order valence-electron chi connectivity index (χ4n) is 2.47. The maximum Gasteiger partial charge on any atom is 0.0462 e. The van der Waals surface area contributed by atoms with Crippen molar-refractivity contribution < 1.29 is 0 Å². The van der Waals surface area contributed by atoms with Gasteiger partial charge in [-0.05, 0) is 31.2 Å². The van der Waals surface area contributed by atoms with Crippen molar-refractivity contribution in [2.45, 2.75) is 19.9 Å². The summed E-state index contributed by atoms with van der Waals surface area (Å²) in [6, 6.07) is 6.69. The number of halogens is 1. The van der Waals surface area contributed by atoms with E-state index in [1.165, 1.54) is 34.3 Å². The number of H-pyrrole nitrogens is 1. The molecule has 0 saturated carbocycles. The SMILES string of the molecule is Cc1ccc2c3c([nH]c2c1)CCN(C)C3.Cl. The Bertz CT molecular complexity index is 516. The Balaban J connectivity index is 0.000000963. The van der Waals surface area contributed by atoms with Gasteiger partial charge in [-0.1, -0.05) is 12.1 Å². The quantitative estimate of drug-likeness (QED) is 0.745. The molecule has 3 rings (SSSR count). The minimum absolute atomic E-state index is 0. The van der Waals surface area contributed by atoms with Crippen LogP contribution in [0.4, 0.5) is 0 Å². The third-order valence-corrected chi connectivity index (χ3v) is 3.32. The molecule has 1 N–H and O–H groups in total. The van der Waals surface area contributed by atoms with Gasteiger partial charge in [0, 0.05) is 36.1 Å². The predicted molar refractivity (Wildman–Crippen MR) is 70.3 cm³/mol. The summed E-state index contributed by atoms with van der Waals surface area (Å²) in [4.78, 5) is 5.94. The van der Waals surface area contributed by atoms with Crippen LogP contribution in [0.15, 0.2) is 18.2 Å². The van der Waals surface area contributed by atoms with Crippen LogP contribution in [0.25, 0.3) is 10.9 Å². The standard InChI is InChI=1S/C13H16N2.ClH/c1-9-3-4-10-11-8-15(2)6-5-12(11)14-13(10)7-9;/h3-4,7,14H,5-6,8H2,1-2H3;1H. The van der Waals surface area contributed by atoms with Gasteiger partial charge in [-0.3, -0.25) is 0 Å². The van der Waals surface area contributed by atoms with Crippen molar-refractivity contribution in [2.75, 3.05) is 13.6 Å². The Labute approximate surface area is 102 Å². The number of hydrogen-bond donors (Lipinski definition) is 1. The van der Waals surface area contributed by atoms with Crippen molar-refractivity contribution >= 4 is 23.3 Å². The van der Waals surface area contributed by atoms with Gasteiger partial charge in [-0.15, -0.1) is 12.4 Å². The van der Waals surface area contributed by atoms with Crippen LogP contribution in [0.5, 0.6) is 0 Å². The van der Waals surface area contributed by atoms with Crippen LogP contribution < -0.4 is 0 Å². The van der Waals surface area contributed by atoms with Crippen molar-refractivity contribution in [1.29, 1.82) is 0 Å². The monoisotopic (exact) mass is 236 g/mol. The summed E-state index contributed by atoms with van der Waals surface area (Å²) in [7, 11) is 2.19. The van der Waals surface area contributed by atoms with Crippen LogP contribution >= 0.6 is 12.4 Å². The molecule has 3 heteroatoms. The third-order valence-electron chi connectivity index (χ3n) is 3.32. The second kappa shape index (κ2) is 4.11. The molecule has 0 bridgehead atoms. The van der Waals surface area contributed by atoms with E-state index in [1.807, 2.05) is 0 Å². The largest absolute Gasteiger partial charge is 0.358 e. The highest BCUT2D eigenvalue weighted by atomic mass is 35.5. The Morgan fingerprint density at radius 2 is 2.12 bits per heavy atom. The van der Waals surface area contributed by atoms with E-state index in [-0.39, 0.29) is 12.4 Å². The van der Waals surface area contributed by atoms with Crippen molar-refractivity contribution in [3.8, 4) is 0 Å². The van der Waals surface area contributed by atoms with Gasteiger partial charge in [0.05, 0.1) is 0 Å². The van der Waals surface area contributed by atoms with Gasteiger partial charge in [0.2, 0.25) is 0 Å². The van der Waals surface area contributed by atoms with Crippen molar-refractivity contribution in [3.05, 3.63) is 35.0 Å². The lowest BCUT2D eigenvalue weighted by atomic mass is 10.0. The Morgan fingerprint density at radius 3 is 2.94 bits per heavy atom. The first kappa shape index (κ1) is 11.5. The highest BCUT2D eigenvalue weighted by Crippen LogP contribution is 2.27. The van der Waals surface area contributed by atoms with Crippen LogP contribution in [0.1, 0.15) is 16.8 Å². The molecule has 1 aromatic carbocycles. The lowest BCUT2D eigenvalue weighted by molar-refractivity contribution is 0.313. The summed E-state index contributed by atoms with van der Waals surface area (Å²) in [5.41, 5.74) is 5.57. The summed E-state index contributed by atoms with van der Waals surface area (Å²) in [5, 5.41) is 1.40. The van der Waals surface area contributed by atoms with E-state index < -0.39 is 0 Å². The maximum atomic E-state index is 3.55. The molecule has 86 valence electrons. The number of nitrogens with one attached hydrogen (secondary N) is 1. The van der Waals surface area contributed by atoms with Gasteiger partial charge in [0.25, 0.3) is 0 Å². The number of benzene rings is 1. The minimum atomic E-state index is 0. The second-order valence-electron chi connectivity index (χ2n) is 4.62. The second-order valence-corrected chi connectivity index (χ2v) is 4.62. The molecule has 1 aliphatic heterocycles. The lowest BCUT2D eigenvalue weighted by Gasteiger charge is -2.22. The minimum Gasteiger partial charge on any atom is -0.358 e. The number of nitrogens with zero attached hydrogens (tertiary/aromatic N) is 1. The fraction of sp³-hybridized carbons (Fsp3) is 0.385. The zero-order valence-corrected chi connectivity index (χ0v) is 10.5.